The number of aliphatic hydroxyl groups is 1. The summed E-state index contributed by atoms with van der Waals surface area (Å²) in [4.78, 5) is 56.1. The first-order valence-electron chi connectivity index (χ1n) is 17.4. The van der Waals surface area contributed by atoms with Gasteiger partial charge in [-0.05, 0) is 53.3 Å². The van der Waals surface area contributed by atoms with E-state index in [0.717, 1.165) is 24.2 Å². The number of carbonyl (C=O) groups is 3. The summed E-state index contributed by atoms with van der Waals surface area (Å²) in [5.74, 6) is -0.875. The molecule has 2 saturated heterocycles. The smallest absolute Gasteiger partial charge is 0.348 e. The van der Waals surface area contributed by atoms with E-state index < -0.39 is 23.9 Å². The van der Waals surface area contributed by atoms with E-state index in [-0.39, 0.29) is 54.6 Å². The Hall–Kier alpha value is -5.35. The molecule has 0 bridgehead atoms. The SMILES string of the molecule is CC(C)c1cc(-c2n[nH]c(=O)n2-c2ccc(CN3CCN(CC(=O)Nc4cccc5c4CN(C4CCC(=O)NC4=O)C5O)CC3)cc2)c(O)cc1O. The van der Waals surface area contributed by atoms with E-state index in [1.807, 2.05) is 38.1 Å². The normalized spacial score (nSPS) is 19.9. The molecule has 4 heterocycles. The Labute approximate surface area is 299 Å². The van der Waals surface area contributed by atoms with Crippen LogP contribution in [0.4, 0.5) is 5.69 Å². The molecule has 3 amide bonds. The lowest BCUT2D eigenvalue weighted by Gasteiger charge is -2.34. The molecule has 1 aromatic heterocycles. The van der Waals surface area contributed by atoms with Crippen molar-refractivity contribution >= 4 is 23.4 Å². The third kappa shape index (κ3) is 6.95. The zero-order chi connectivity index (χ0) is 36.7. The average molecular weight is 711 g/mol. The van der Waals surface area contributed by atoms with Crippen LogP contribution in [-0.2, 0) is 27.5 Å². The Morgan fingerprint density at radius 3 is 2.42 bits per heavy atom. The largest absolute Gasteiger partial charge is 0.508 e. The maximum Gasteiger partial charge on any atom is 0.348 e. The highest BCUT2D eigenvalue weighted by atomic mass is 16.3. The molecule has 3 aliphatic heterocycles. The Morgan fingerprint density at radius 1 is 0.981 bits per heavy atom. The van der Waals surface area contributed by atoms with E-state index in [4.69, 9.17) is 0 Å². The van der Waals surface area contributed by atoms with Gasteiger partial charge < -0.3 is 20.6 Å². The number of imide groups is 1. The van der Waals surface area contributed by atoms with Gasteiger partial charge in [-0.25, -0.2) is 14.5 Å². The molecule has 272 valence electrons. The number of anilines is 1. The number of aromatic nitrogens is 3. The Balaban J connectivity index is 0.935. The zero-order valence-electron chi connectivity index (χ0n) is 29.0. The molecule has 2 atom stereocenters. The topological polar surface area (TPSA) is 196 Å². The molecule has 0 radical (unpaired) electrons. The second-order valence-electron chi connectivity index (χ2n) is 13.9. The lowest BCUT2D eigenvalue weighted by Crippen LogP contribution is -2.51. The lowest BCUT2D eigenvalue weighted by molar-refractivity contribution is -0.141. The maximum atomic E-state index is 13.2. The van der Waals surface area contributed by atoms with E-state index in [0.29, 0.717) is 54.1 Å². The Kier molecular flexibility index (Phi) is 9.67. The van der Waals surface area contributed by atoms with Gasteiger partial charge in [0.1, 0.15) is 17.7 Å². The summed E-state index contributed by atoms with van der Waals surface area (Å²) in [6.07, 6.45) is -0.469. The Morgan fingerprint density at radius 2 is 1.71 bits per heavy atom. The number of amides is 3. The average Bonchev–Trinajstić information content (AvgIpc) is 3.65. The summed E-state index contributed by atoms with van der Waals surface area (Å²) in [5.41, 5.74) is 4.14. The first kappa shape index (κ1) is 35.1. The third-order valence-corrected chi connectivity index (χ3v) is 10.1. The van der Waals surface area contributed by atoms with Crippen LogP contribution >= 0.6 is 0 Å². The van der Waals surface area contributed by atoms with Crippen molar-refractivity contribution < 1.29 is 29.7 Å². The number of aliphatic hydroxyl groups excluding tert-OH is 1. The van der Waals surface area contributed by atoms with Gasteiger partial charge in [-0.1, -0.05) is 38.1 Å². The van der Waals surface area contributed by atoms with Gasteiger partial charge in [0.25, 0.3) is 0 Å². The van der Waals surface area contributed by atoms with Gasteiger partial charge in [0.05, 0.1) is 23.8 Å². The van der Waals surface area contributed by atoms with Gasteiger partial charge in [0, 0.05) is 63.0 Å². The number of piperidine rings is 1. The molecular formula is C37H42N8O7. The number of hydrogen-bond acceptors (Lipinski definition) is 11. The molecule has 7 rings (SSSR count). The minimum atomic E-state index is -1.01. The van der Waals surface area contributed by atoms with Crippen LogP contribution in [0.3, 0.4) is 0 Å². The number of carbonyl (C=O) groups excluding carboxylic acids is 3. The first-order chi connectivity index (χ1) is 25.0. The van der Waals surface area contributed by atoms with Crippen LogP contribution in [0.1, 0.15) is 61.1 Å². The van der Waals surface area contributed by atoms with Gasteiger partial charge in [-0.15, -0.1) is 0 Å². The summed E-state index contributed by atoms with van der Waals surface area (Å²) >= 11 is 0. The maximum absolute atomic E-state index is 13.2. The van der Waals surface area contributed by atoms with Crippen molar-refractivity contribution in [2.45, 2.75) is 58.0 Å². The van der Waals surface area contributed by atoms with Crippen LogP contribution in [0, 0.1) is 0 Å². The number of H-pyrrole nitrogens is 1. The van der Waals surface area contributed by atoms with E-state index in [9.17, 15) is 34.5 Å². The number of benzene rings is 3. The summed E-state index contributed by atoms with van der Waals surface area (Å²) in [6, 6.07) is 15.2. The van der Waals surface area contributed by atoms with Crippen LogP contribution in [0.15, 0.2) is 59.4 Å². The summed E-state index contributed by atoms with van der Waals surface area (Å²) in [6.45, 7) is 7.93. The molecule has 0 saturated carbocycles. The van der Waals surface area contributed by atoms with Gasteiger partial charge in [-0.3, -0.25) is 34.4 Å². The molecule has 0 aliphatic carbocycles. The molecule has 0 spiro atoms. The van der Waals surface area contributed by atoms with Crippen molar-refractivity contribution in [1.29, 1.82) is 0 Å². The van der Waals surface area contributed by atoms with Gasteiger partial charge in [0.15, 0.2) is 5.82 Å². The van der Waals surface area contributed by atoms with E-state index >= 15 is 0 Å². The van der Waals surface area contributed by atoms with Crippen molar-refractivity contribution in [1.82, 2.24) is 34.8 Å². The molecular weight excluding hydrogens is 668 g/mol. The number of fused-ring (bicyclic) bond motifs is 1. The predicted molar refractivity (Wildman–Crippen MR) is 191 cm³/mol. The van der Waals surface area contributed by atoms with Crippen LogP contribution in [0.5, 0.6) is 11.5 Å². The monoisotopic (exact) mass is 710 g/mol. The highest BCUT2D eigenvalue weighted by molar-refractivity contribution is 6.00. The summed E-state index contributed by atoms with van der Waals surface area (Å²) in [7, 11) is 0. The number of nitrogens with zero attached hydrogens (tertiary/aromatic N) is 5. The van der Waals surface area contributed by atoms with Crippen molar-refractivity contribution in [3.05, 3.63) is 87.3 Å². The number of hydrogen-bond donors (Lipinski definition) is 6. The number of aromatic hydroxyl groups is 2. The highest BCUT2D eigenvalue weighted by Gasteiger charge is 2.40. The molecule has 15 nitrogen and oxygen atoms in total. The fraction of sp³-hybridized carbons (Fsp3) is 0.378. The number of phenolic OH excluding ortho intramolecular Hbond substituents is 2. The minimum Gasteiger partial charge on any atom is -0.508 e. The lowest BCUT2D eigenvalue weighted by atomic mass is 9.98. The molecule has 6 N–H and O–H groups in total. The summed E-state index contributed by atoms with van der Waals surface area (Å²) < 4.78 is 1.39. The molecule has 2 unspecified atom stereocenters. The van der Waals surface area contributed by atoms with Gasteiger partial charge >= 0.3 is 5.69 Å². The van der Waals surface area contributed by atoms with Crippen LogP contribution in [0.2, 0.25) is 0 Å². The summed E-state index contributed by atoms with van der Waals surface area (Å²) in [5, 5.41) is 43.9. The molecule has 3 aromatic carbocycles. The second-order valence-corrected chi connectivity index (χ2v) is 13.9. The van der Waals surface area contributed by atoms with Gasteiger partial charge in [-0.2, -0.15) is 5.10 Å². The number of rotatable bonds is 9. The molecule has 3 aliphatic rings. The molecule has 4 aromatic rings. The van der Waals surface area contributed by atoms with Crippen LogP contribution < -0.4 is 16.3 Å². The third-order valence-electron chi connectivity index (χ3n) is 10.1. The first-order valence-corrected chi connectivity index (χ1v) is 17.4. The second kappa shape index (κ2) is 14.3. The number of nitrogens with one attached hydrogen (secondary N) is 3. The van der Waals surface area contributed by atoms with Crippen molar-refractivity contribution in [2.24, 2.45) is 0 Å². The Bertz CT molecular complexity index is 2070. The number of aromatic amines is 1. The van der Waals surface area contributed by atoms with Gasteiger partial charge in [0.2, 0.25) is 17.7 Å². The molecule has 2 fully saturated rings. The van der Waals surface area contributed by atoms with Crippen LogP contribution in [-0.4, -0.2) is 101 Å². The number of piperazine rings is 1. The van der Waals surface area contributed by atoms with E-state index in [2.05, 4.69) is 30.6 Å². The predicted octanol–water partition coefficient (Wildman–Crippen LogP) is 2.13. The molecule has 15 heteroatoms. The fourth-order valence-corrected chi connectivity index (χ4v) is 7.33. The quantitative estimate of drug-likeness (QED) is 0.139. The molecule has 52 heavy (non-hydrogen) atoms. The van der Waals surface area contributed by atoms with Crippen molar-refractivity contribution in [2.75, 3.05) is 38.0 Å². The highest BCUT2D eigenvalue weighted by Crippen LogP contribution is 2.39. The van der Waals surface area contributed by atoms with E-state index in [1.54, 1.807) is 29.2 Å². The van der Waals surface area contributed by atoms with Crippen LogP contribution in [0.25, 0.3) is 17.1 Å². The minimum absolute atomic E-state index is 0.00982. The zero-order valence-corrected chi connectivity index (χ0v) is 29.0. The van der Waals surface area contributed by atoms with Crippen molar-refractivity contribution in [3.8, 4) is 28.6 Å². The number of phenols is 2. The standard InChI is InChI=1S/C37H42N8O7/c1-21(2)25-16-26(31(47)17-30(25)46)34-40-41-37(52)45(34)23-8-6-22(7-9-23)18-42-12-14-43(15-13-42)20-33(49)38-28-5-3-4-24-27(28)19-44(36(24)51)29-10-11-32(48)39-35(29)50/h3-9,16-17,21,29,36,46-47,51H,10-15,18-20H2,1-2H3,(H,38,49)(H,41,52)(H,39,48,50). The fourth-order valence-electron chi connectivity index (χ4n) is 7.33. The van der Waals surface area contributed by atoms with E-state index in [1.165, 1.54) is 10.6 Å². The van der Waals surface area contributed by atoms with Crippen molar-refractivity contribution in [3.63, 3.8) is 0 Å².